The molecule has 2 rings (SSSR count). The van der Waals surface area contributed by atoms with Crippen molar-refractivity contribution < 1.29 is 0 Å². The van der Waals surface area contributed by atoms with Crippen LogP contribution in [-0.2, 0) is 6.42 Å². The quantitative estimate of drug-likeness (QED) is 0.692. The van der Waals surface area contributed by atoms with Gasteiger partial charge in [-0.2, -0.15) is 0 Å². The fourth-order valence-electron chi connectivity index (χ4n) is 1.60. The van der Waals surface area contributed by atoms with Crippen LogP contribution in [0.15, 0.2) is 30.5 Å². The van der Waals surface area contributed by atoms with Crippen LogP contribution in [0.4, 0.5) is 0 Å². The molecule has 0 N–H and O–H groups in total. The number of rotatable bonds is 2. The van der Waals surface area contributed by atoms with Gasteiger partial charge >= 0.3 is 0 Å². The highest BCUT2D eigenvalue weighted by atomic mass is 32.1. The van der Waals surface area contributed by atoms with E-state index in [1.54, 1.807) is 5.37 Å². The molecule has 0 saturated carbocycles. The van der Waals surface area contributed by atoms with Gasteiger partial charge in [-0.05, 0) is 35.7 Å². The number of benzene rings is 1. The lowest BCUT2D eigenvalue weighted by Gasteiger charge is -2.03. The van der Waals surface area contributed by atoms with Crippen LogP contribution in [0.25, 0.3) is 10.9 Å². The summed E-state index contributed by atoms with van der Waals surface area (Å²) in [4.78, 5) is 4.32. The van der Waals surface area contributed by atoms with Crippen molar-refractivity contribution in [3.63, 3.8) is 0 Å². The molecule has 1 nitrogen and oxygen atoms in total. The predicted octanol–water partition coefficient (Wildman–Crippen LogP) is 3.15. The normalized spacial score (nSPS) is 10.4. The van der Waals surface area contributed by atoms with Gasteiger partial charge in [-0.1, -0.05) is 25.2 Å². The average molecular weight is 201 g/mol. The minimum Gasteiger partial charge on any atom is -0.256 e. The van der Waals surface area contributed by atoms with Gasteiger partial charge in [-0.25, -0.2) is 0 Å². The molecule has 0 saturated heterocycles. The molecule has 0 bridgehead atoms. The number of aromatic nitrogens is 1. The molecule has 0 aliphatic heterocycles. The van der Waals surface area contributed by atoms with Crippen molar-refractivity contribution in [2.45, 2.75) is 13.3 Å². The maximum Gasteiger partial charge on any atom is 0.0705 e. The van der Waals surface area contributed by atoms with Crippen LogP contribution in [0.3, 0.4) is 0 Å². The minimum atomic E-state index is 1.03. The van der Waals surface area contributed by atoms with Crippen molar-refractivity contribution in [1.29, 1.82) is 0 Å². The topological polar surface area (TPSA) is 12.9 Å². The molecule has 70 valence electrons. The Bertz CT molecular complexity index is 477. The van der Waals surface area contributed by atoms with Crippen molar-refractivity contribution in [1.82, 2.24) is 4.98 Å². The summed E-state index contributed by atoms with van der Waals surface area (Å²) in [6.45, 7) is 2.15. The zero-order chi connectivity index (χ0) is 9.97. The van der Waals surface area contributed by atoms with E-state index in [0.717, 1.165) is 17.5 Å². The van der Waals surface area contributed by atoms with E-state index in [4.69, 9.17) is 12.2 Å². The van der Waals surface area contributed by atoms with E-state index in [9.17, 15) is 0 Å². The van der Waals surface area contributed by atoms with E-state index < -0.39 is 0 Å². The zero-order valence-corrected chi connectivity index (χ0v) is 8.84. The Morgan fingerprint density at radius 2 is 2.21 bits per heavy atom. The molecule has 1 aromatic heterocycles. The molecule has 2 heteroatoms. The first kappa shape index (κ1) is 9.28. The van der Waals surface area contributed by atoms with Crippen molar-refractivity contribution in [2.75, 3.05) is 0 Å². The van der Waals surface area contributed by atoms with Gasteiger partial charge in [0.1, 0.15) is 0 Å². The summed E-state index contributed by atoms with van der Waals surface area (Å²) in [7, 11) is 0. The third-order valence-corrected chi connectivity index (χ3v) is 2.65. The number of hydrogen-bond acceptors (Lipinski definition) is 2. The standard InChI is InChI=1S/C12H11NS/c1-2-10-5-6-13-12-4-3-9(8-14)7-11(10)12/h3-8H,2H2,1H3. The SMILES string of the molecule is CCc1ccnc2ccc(C=S)cc12. The molecular weight excluding hydrogens is 190 g/mol. The summed E-state index contributed by atoms with van der Waals surface area (Å²) in [5.74, 6) is 0. The maximum atomic E-state index is 4.92. The Labute approximate surface area is 88.8 Å². The fourth-order valence-corrected chi connectivity index (χ4v) is 1.75. The second-order valence-corrected chi connectivity index (χ2v) is 3.45. The first-order valence-electron chi connectivity index (χ1n) is 4.68. The monoisotopic (exact) mass is 201 g/mol. The van der Waals surface area contributed by atoms with Gasteiger partial charge in [0.2, 0.25) is 0 Å². The summed E-state index contributed by atoms with van der Waals surface area (Å²) in [6.07, 6.45) is 2.89. The van der Waals surface area contributed by atoms with Crippen LogP contribution in [0, 0.1) is 0 Å². The van der Waals surface area contributed by atoms with Crippen LogP contribution in [0.1, 0.15) is 18.1 Å². The minimum absolute atomic E-state index is 1.03. The predicted molar refractivity (Wildman–Crippen MR) is 63.9 cm³/mol. The van der Waals surface area contributed by atoms with Crippen LogP contribution in [0.2, 0.25) is 0 Å². The Morgan fingerprint density at radius 3 is 2.93 bits per heavy atom. The number of nitrogens with zero attached hydrogens (tertiary/aromatic N) is 1. The molecule has 0 aliphatic carbocycles. The van der Waals surface area contributed by atoms with Gasteiger partial charge in [-0.15, -0.1) is 0 Å². The molecule has 0 spiro atoms. The number of hydrogen-bond donors (Lipinski definition) is 0. The van der Waals surface area contributed by atoms with Crippen LogP contribution >= 0.6 is 12.2 Å². The smallest absolute Gasteiger partial charge is 0.0705 e. The summed E-state index contributed by atoms with van der Waals surface area (Å²) >= 11 is 4.92. The van der Waals surface area contributed by atoms with Gasteiger partial charge in [0.15, 0.2) is 0 Å². The first-order chi connectivity index (χ1) is 6.85. The number of thiocarbonyl (C=S) groups is 1. The third kappa shape index (κ3) is 1.53. The molecule has 1 aromatic carbocycles. The van der Waals surface area contributed by atoms with E-state index in [1.165, 1.54) is 10.9 Å². The Kier molecular flexibility index (Phi) is 2.55. The lowest BCUT2D eigenvalue weighted by atomic mass is 10.1. The molecule has 0 fully saturated rings. The molecule has 0 radical (unpaired) electrons. The van der Waals surface area contributed by atoms with E-state index in [-0.39, 0.29) is 0 Å². The van der Waals surface area contributed by atoms with Crippen LogP contribution < -0.4 is 0 Å². The van der Waals surface area contributed by atoms with Crippen molar-refractivity contribution in [3.8, 4) is 0 Å². The van der Waals surface area contributed by atoms with E-state index >= 15 is 0 Å². The van der Waals surface area contributed by atoms with Crippen molar-refractivity contribution in [3.05, 3.63) is 41.6 Å². The Morgan fingerprint density at radius 1 is 1.36 bits per heavy atom. The van der Waals surface area contributed by atoms with Gasteiger partial charge in [0, 0.05) is 17.0 Å². The summed E-state index contributed by atoms with van der Waals surface area (Å²) in [5.41, 5.74) is 3.45. The highest BCUT2D eigenvalue weighted by Crippen LogP contribution is 2.18. The number of fused-ring (bicyclic) bond motifs is 1. The average Bonchev–Trinajstić information content (AvgIpc) is 2.27. The number of pyridine rings is 1. The van der Waals surface area contributed by atoms with Crippen LogP contribution in [0.5, 0.6) is 0 Å². The summed E-state index contributed by atoms with van der Waals surface area (Å²) < 4.78 is 0. The fraction of sp³-hybridized carbons (Fsp3) is 0.167. The molecule has 14 heavy (non-hydrogen) atoms. The summed E-state index contributed by atoms with van der Waals surface area (Å²) in [6, 6.07) is 8.19. The van der Waals surface area contributed by atoms with E-state index in [2.05, 4.69) is 24.0 Å². The van der Waals surface area contributed by atoms with Crippen molar-refractivity contribution in [2.24, 2.45) is 0 Å². The third-order valence-electron chi connectivity index (χ3n) is 2.37. The largest absolute Gasteiger partial charge is 0.256 e. The molecule has 1 heterocycles. The summed E-state index contributed by atoms with van der Waals surface area (Å²) in [5, 5.41) is 2.92. The van der Waals surface area contributed by atoms with Gasteiger partial charge in [0.25, 0.3) is 0 Å². The van der Waals surface area contributed by atoms with Crippen LogP contribution in [-0.4, -0.2) is 10.4 Å². The molecular formula is C12H11NS. The maximum absolute atomic E-state index is 4.92. The molecule has 0 aliphatic rings. The number of aryl methyl sites for hydroxylation is 1. The van der Waals surface area contributed by atoms with Gasteiger partial charge in [-0.3, -0.25) is 4.98 Å². The van der Waals surface area contributed by atoms with Gasteiger partial charge in [0.05, 0.1) is 5.52 Å². The van der Waals surface area contributed by atoms with E-state index in [0.29, 0.717) is 0 Å². The lowest BCUT2D eigenvalue weighted by molar-refractivity contribution is 1.15. The van der Waals surface area contributed by atoms with Crippen molar-refractivity contribution >= 4 is 28.5 Å². The lowest BCUT2D eigenvalue weighted by Crippen LogP contribution is -1.88. The molecule has 0 unspecified atom stereocenters. The Hall–Kier alpha value is -1.28. The molecule has 0 atom stereocenters. The highest BCUT2D eigenvalue weighted by Gasteiger charge is 2.00. The Balaban J connectivity index is 2.76. The molecule has 2 aromatic rings. The second-order valence-electron chi connectivity index (χ2n) is 3.22. The highest BCUT2D eigenvalue weighted by molar-refractivity contribution is 7.79. The second kappa shape index (κ2) is 3.84. The van der Waals surface area contributed by atoms with E-state index in [1.807, 2.05) is 18.3 Å². The molecule has 0 amide bonds. The zero-order valence-electron chi connectivity index (χ0n) is 8.03. The first-order valence-corrected chi connectivity index (χ1v) is 5.15. The van der Waals surface area contributed by atoms with Gasteiger partial charge < -0.3 is 0 Å².